The van der Waals surface area contributed by atoms with E-state index in [2.05, 4.69) is 0 Å². The normalized spacial score (nSPS) is 54.5. The lowest BCUT2D eigenvalue weighted by Gasteiger charge is -2.46. The van der Waals surface area contributed by atoms with E-state index in [9.17, 15) is 50.8 Å². The summed E-state index contributed by atoms with van der Waals surface area (Å²) in [6.07, 6.45) is -24.9. The molecule has 0 aromatic carbocycles. The van der Waals surface area contributed by atoms with Gasteiger partial charge in [0, 0.05) is 0 Å². The molecule has 9 N–H and O–H groups in total. The van der Waals surface area contributed by atoms with Crippen LogP contribution in [0, 0.1) is 0 Å². The van der Waals surface area contributed by atoms with Gasteiger partial charge in [-0.25, -0.2) is 4.79 Å². The first-order valence-corrected chi connectivity index (χ1v) is 10.1. The van der Waals surface area contributed by atoms with E-state index in [1.54, 1.807) is 0 Å². The molecule has 0 spiro atoms. The molecular weight excluding hydrogens is 460 g/mol. The minimum Gasteiger partial charge on any atom is -0.479 e. The van der Waals surface area contributed by atoms with Gasteiger partial charge in [0.25, 0.3) is 0 Å². The number of fused-ring (bicyclic) bond motifs is 1. The van der Waals surface area contributed by atoms with Gasteiger partial charge in [0.15, 0.2) is 31.3 Å². The summed E-state index contributed by atoms with van der Waals surface area (Å²) >= 11 is 0. The Morgan fingerprint density at radius 2 is 1.30 bits per heavy atom. The molecular formula is C17H26O16. The zero-order chi connectivity index (χ0) is 24.2. The predicted octanol–water partition coefficient (Wildman–Crippen LogP) is -6.48. The number of aliphatic hydroxyl groups is 8. The molecule has 0 amide bonds. The van der Waals surface area contributed by atoms with E-state index in [1.165, 1.54) is 0 Å². The zero-order valence-electron chi connectivity index (χ0n) is 16.8. The molecule has 9 unspecified atom stereocenters. The summed E-state index contributed by atoms with van der Waals surface area (Å²) in [6.45, 7) is -0.788. The molecule has 0 radical (unpaired) electrons. The Morgan fingerprint density at radius 3 is 1.94 bits per heavy atom. The van der Waals surface area contributed by atoms with Gasteiger partial charge in [-0.15, -0.1) is 0 Å². The molecule has 15 atom stereocenters. The van der Waals surface area contributed by atoms with Crippen LogP contribution >= 0.6 is 0 Å². The third-order valence-corrected chi connectivity index (χ3v) is 5.93. The molecule has 0 aromatic heterocycles. The van der Waals surface area contributed by atoms with Gasteiger partial charge in [0.1, 0.15) is 61.0 Å². The van der Waals surface area contributed by atoms with Gasteiger partial charge in [0.05, 0.1) is 6.61 Å². The Hall–Kier alpha value is -1.09. The number of carboxylic acids is 1. The highest BCUT2D eigenvalue weighted by atomic mass is 16.8. The minimum absolute atomic E-state index is 0.788. The maximum absolute atomic E-state index is 11.8. The number of rotatable bonds is 6. The van der Waals surface area contributed by atoms with Crippen LogP contribution in [0.1, 0.15) is 0 Å². The van der Waals surface area contributed by atoms with Crippen molar-refractivity contribution in [3.8, 4) is 0 Å². The van der Waals surface area contributed by atoms with E-state index < -0.39 is 105 Å². The maximum Gasteiger partial charge on any atom is 0.335 e. The van der Waals surface area contributed by atoms with Crippen LogP contribution in [0.25, 0.3) is 0 Å². The molecule has 33 heavy (non-hydrogen) atoms. The maximum atomic E-state index is 11.8. The summed E-state index contributed by atoms with van der Waals surface area (Å²) in [5.74, 6) is -1.67. The molecule has 4 aliphatic heterocycles. The van der Waals surface area contributed by atoms with Crippen molar-refractivity contribution in [2.45, 2.75) is 92.3 Å². The molecule has 0 aromatic rings. The van der Waals surface area contributed by atoms with Gasteiger partial charge in [-0.05, 0) is 0 Å². The van der Waals surface area contributed by atoms with Crippen LogP contribution in [0.2, 0.25) is 0 Å². The predicted molar refractivity (Wildman–Crippen MR) is 93.6 cm³/mol. The van der Waals surface area contributed by atoms with Gasteiger partial charge in [-0.1, -0.05) is 0 Å². The topological polar surface area (TPSA) is 258 Å². The van der Waals surface area contributed by atoms with Gasteiger partial charge in [-0.2, -0.15) is 0 Å². The lowest BCUT2D eigenvalue weighted by atomic mass is 9.96. The number of hydrogen-bond acceptors (Lipinski definition) is 15. The second-order valence-corrected chi connectivity index (χ2v) is 8.13. The SMILES string of the molecule is O=C(O)C1O[C@H](O)C(O)C(O[C@@H]2OC(CO)[C@H](O)C(O)C2O)[C@H]1O[C@@H]1OC2O[C@@H]2C(O)C1O. The van der Waals surface area contributed by atoms with Crippen molar-refractivity contribution in [3.63, 3.8) is 0 Å². The fourth-order valence-electron chi connectivity index (χ4n) is 3.97. The van der Waals surface area contributed by atoms with Gasteiger partial charge < -0.3 is 74.4 Å². The Morgan fingerprint density at radius 1 is 0.697 bits per heavy atom. The molecule has 4 aliphatic rings. The fourth-order valence-corrected chi connectivity index (χ4v) is 3.97. The second-order valence-electron chi connectivity index (χ2n) is 8.13. The molecule has 0 saturated carbocycles. The van der Waals surface area contributed by atoms with Crippen LogP contribution in [0.3, 0.4) is 0 Å². The molecule has 190 valence electrons. The largest absolute Gasteiger partial charge is 0.479 e. The average Bonchev–Trinajstić information content (AvgIpc) is 3.56. The minimum atomic E-state index is -2.10. The quantitative estimate of drug-likeness (QED) is 0.158. The second kappa shape index (κ2) is 9.51. The summed E-state index contributed by atoms with van der Waals surface area (Å²) in [4.78, 5) is 11.8. The lowest BCUT2D eigenvalue weighted by molar-refractivity contribution is -0.372. The van der Waals surface area contributed by atoms with E-state index in [4.69, 9.17) is 28.4 Å². The Labute approximate surface area is 185 Å². The number of hydrogen-bond donors (Lipinski definition) is 9. The van der Waals surface area contributed by atoms with Crippen molar-refractivity contribution in [2.24, 2.45) is 0 Å². The van der Waals surface area contributed by atoms with Crippen molar-refractivity contribution in [1.82, 2.24) is 0 Å². The number of carboxylic acid groups (broad SMARTS) is 1. The Kier molecular flexibility index (Phi) is 7.21. The summed E-state index contributed by atoms with van der Waals surface area (Å²) < 4.78 is 31.3. The van der Waals surface area contributed by atoms with Gasteiger partial charge in [-0.3, -0.25) is 0 Å². The van der Waals surface area contributed by atoms with Crippen molar-refractivity contribution in [1.29, 1.82) is 0 Å². The number of carbonyl (C=O) groups is 1. The first-order valence-electron chi connectivity index (χ1n) is 10.1. The van der Waals surface area contributed by atoms with E-state index in [-0.39, 0.29) is 0 Å². The molecule has 16 nitrogen and oxygen atoms in total. The highest BCUT2D eigenvalue weighted by molar-refractivity contribution is 5.73. The molecule has 4 rings (SSSR count). The Bertz CT molecular complexity index is 707. The van der Waals surface area contributed by atoms with Crippen molar-refractivity contribution < 1.29 is 79.2 Å². The van der Waals surface area contributed by atoms with E-state index in [0.717, 1.165) is 0 Å². The van der Waals surface area contributed by atoms with Crippen molar-refractivity contribution >= 4 is 5.97 Å². The highest BCUT2D eigenvalue weighted by Gasteiger charge is 2.59. The monoisotopic (exact) mass is 486 g/mol. The molecule has 0 aliphatic carbocycles. The smallest absolute Gasteiger partial charge is 0.335 e. The first-order chi connectivity index (χ1) is 15.5. The van der Waals surface area contributed by atoms with Crippen molar-refractivity contribution in [3.05, 3.63) is 0 Å². The third kappa shape index (κ3) is 4.60. The zero-order valence-corrected chi connectivity index (χ0v) is 16.8. The number of epoxide rings is 1. The number of aliphatic hydroxyl groups excluding tert-OH is 8. The molecule has 0 bridgehead atoms. The van der Waals surface area contributed by atoms with Crippen LogP contribution < -0.4 is 0 Å². The van der Waals surface area contributed by atoms with Gasteiger partial charge >= 0.3 is 5.97 Å². The highest BCUT2D eigenvalue weighted by Crippen LogP contribution is 2.38. The van der Waals surface area contributed by atoms with Crippen molar-refractivity contribution in [2.75, 3.05) is 6.61 Å². The van der Waals surface area contributed by atoms with Crippen LogP contribution in [0.15, 0.2) is 0 Å². The standard InChI is InChI=1S/C17H26O16/c18-1-2-3(19)4(20)6(22)15(28-2)30-9-8(24)14(27)29-12(13(25)26)11(9)32-16-7(23)5(21)10-17(31-10)33-16/h2-12,14-24,27H,1H2,(H,25,26)/t2?,3-,4?,5?,6?,7?,8?,9?,10+,11+,12?,14-,15-,16+,17?/m0/s1. The third-order valence-electron chi connectivity index (χ3n) is 5.93. The fraction of sp³-hybridized carbons (Fsp3) is 0.941. The van der Waals surface area contributed by atoms with E-state index in [0.29, 0.717) is 0 Å². The molecule has 4 fully saturated rings. The number of ether oxygens (including phenoxy) is 6. The number of aliphatic carboxylic acids is 1. The molecule has 4 heterocycles. The summed E-state index contributed by atoms with van der Waals surface area (Å²) in [5, 5.41) is 89.5. The van der Waals surface area contributed by atoms with E-state index >= 15 is 0 Å². The first kappa shape index (κ1) is 25.0. The van der Waals surface area contributed by atoms with Gasteiger partial charge in [0.2, 0.25) is 0 Å². The van der Waals surface area contributed by atoms with E-state index in [1.807, 2.05) is 0 Å². The Balaban J connectivity index is 1.57. The molecule has 4 saturated heterocycles. The summed E-state index contributed by atoms with van der Waals surface area (Å²) in [5.41, 5.74) is 0. The molecule has 16 heteroatoms. The lowest BCUT2D eigenvalue weighted by Crippen LogP contribution is -2.66. The van der Waals surface area contributed by atoms with Crippen LogP contribution in [-0.4, -0.2) is 151 Å². The summed E-state index contributed by atoms with van der Waals surface area (Å²) in [7, 11) is 0. The van der Waals surface area contributed by atoms with Crippen LogP contribution in [0.4, 0.5) is 0 Å². The average molecular weight is 486 g/mol. The summed E-state index contributed by atoms with van der Waals surface area (Å²) in [6, 6.07) is 0. The van der Waals surface area contributed by atoms with Crippen LogP contribution in [-0.2, 0) is 33.2 Å². The van der Waals surface area contributed by atoms with Crippen LogP contribution in [0.5, 0.6) is 0 Å².